The molecule has 1 N–H and O–H groups in total. The number of hydrogen-bond donors (Lipinski definition) is 1. The lowest BCUT2D eigenvalue weighted by Gasteiger charge is -2.37. The molecule has 0 bridgehead atoms. The van der Waals surface area contributed by atoms with E-state index in [1.165, 1.54) is 22.3 Å². The smallest absolute Gasteiger partial charge is 0.334 e. The zero-order valence-corrected chi connectivity index (χ0v) is 16.1. The summed E-state index contributed by atoms with van der Waals surface area (Å²) in [5.74, 6) is -0.842. The van der Waals surface area contributed by atoms with E-state index in [4.69, 9.17) is 4.74 Å². The molecule has 0 aromatic heterocycles. The Kier molecular flexibility index (Phi) is 4.48. The van der Waals surface area contributed by atoms with Gasteiger partial charge >= 0.3 is 5.97 Å². The maximum absolute atomic E-state index is 11.4. The monoisotopic (exact) mass is 377 g/mol. The third kappa shape index (κ3) is 3.05. The van der Waals surface area contributed by atoms with Crippen LogP contribution in [-0.4, -0.2) is 47.8 Å². The van der Waals surface area contributed by atoms with Gasteiger partial charge in [0.2, 0.25) is 0 Å². The Hall–Kier alpha value is -2.17. The largest absolute Gasteiger partial charge is 0.479 e. The quantitative estimate of drug-likeness (QED) is 0.871. The Morgan fingerprint density at radius 2 is 1.82 bits per heavy atom. The molecule has 5 rings (SSSR count). The third-order valence-corrected chi connectivity index (χ3v) is 7.09. The average molecular weight is 377 g/mol. The third-order valence-electron chi connectivity index (χ3n) is 7.09. The van der Waals surface area contributed by atoms with E-state index in [9.17, 15) is 9.90 Å². The summed E-state index contributed by atoms with van der Waals surface area (Å²) in [4.78, 5) is 13.8. The fourth-order valence-corrected chi connectivity index (χ4v) is 5.72. The topological polar surface area (TPSA) is 49.8 Å². The van der Waals surface area contributed by atoms with E-state index in [1.54, 1.807) is 0 Å². The van der Waals surface area contributed by atoms with E-state index in [0.717, 1.165) is 38.6 Å². The van der Waals surface area contributed by atoms with Crippen LogP contribution in [0.2, 0.25) is 0 Å². The van der Waals surface area contributed by atoms with Crippen LogP contribution in [-0.2, 0) is 27.8 Å². The van der Waals surface area contributed by atoms with Gasteiger partial charge in [-0.1, -0.05) is 48.5 Å². The molecule has 0 radical (unpaired) electrons. The second-order valence-electron chi connectivity index (χ2n) is 8.65. The first kappa shape index (κ1) is 17.9. The predicted molar refractivity (Wildman–Crippen MR) is 108 cm³/mol. The van der Waals surface area contributed by atoms with E-state index >= 15 is 0 Å². The molecule has 3 atom stereocenters. The van der Waals surface area contributed by atoms with Crippen molar-refractivity contribution >= 4 is 5.97 Å². The molecule has 1 saturated heterocycles. The molecule has 4 heteroatoms. The molecular formula is C24H27NO3. The number of carbonyl (C=O) groups is 1. The number of benzene rings is 2. The fraction of sp³-hybridized carbons (Fsp3) is 0.458. The second-order valence-corrected chi connectivity index (χ2v) is 8.65. The highest BCUT2D eigenvalue weighted by Gasteiger charge is 2.45. The number of nitrogens with zero attached hydrogens (tertiary/aromatic N) is 1. The van der Waals surface area contributed by atoms with Crippen LogP contribution < -0.4 is 0 Å². The van der Waals surface area contributed by atoms with Crippen LogP contribution in [0.5, 0.6) is 0 Å². The van der Waals surface area contributed by atoms with E-state index in [0.29, 0.717) is 19.2 Å². The molecule has 0 amide bonds. The van der Waals surface area contributed by atoms with Gasteiger partial charge in [0.1, 0.15) is 0 Å². The zero-order valence-electron chi connectivity index (χ0n) is 16.1. The molecule has 1 saturated carbocycles. The molecule has 4 nitrogen and oxygen atoms in total. The number of aliphatic carboxylic acids is 1. The number of carboxylic acids is 1. The van der Waals surface area contributed by atoms with Gasteiger partial charge in [-0.15, -0.1) is 0 Å². The fourth-order valence-electron chi connectivity index (χ4n) is 5.72. The standard InChI is InChI=1S/C24H27NO3/c26-23(27)22-16-25(11-12-28-22)20-9-10-24(15-20)14-19-7-2-1-5-17(19)13-18-6-3-4-8-21(18)24/h1-8,20,22H,9-16H2,(H,26,27). The summed E-state index contributed by atoms with van der Waals surface area (Å²) < 4.78 is 5.45. The van der Waals surface area contributed by atoms with Gasteiger partial charge in [-0.2, -0.15) is 0 Å². The number of fused-ring (bicyclic) bond motifs is 3. The number of rotatable bonds is 2. The van der Waals surface area contributed by atoms with Crippen LogP contribution in [0.4, 0.5) is 0 Å². The van der Waals surface area contributed by atoms with Gasteiger partial charge in [-0.05, 0) is 54.4 Å². The summed E-state index contributed by atoms with van der Waals surface area (Å²) in [6.45, 7) is 1.86. The molecule has 1 heterocycles. The molecule has 28 heavy (non-hydrogen) atoms. The minimum absolute atomic E-state index is 0.158. The van der Waals surface area contributed by atoms with Crippen LogP contribution >= 0.6 is 0 Å². The van der Waals surface area contributed by atoms with Gasteiger partial charge < -0.3 is 9.84 Å². The van der Waals surface area contributed by atoms with Gasteiger partial charge in [0.15, 0.2) is 6.10 Å². The maximum atomic E-state index is 11.4. The second kappa shape index (κ2) is 7.02. The van der Waals surface area contributed by atoms with Crippen LogP contribution in [0.3, 0.4) is 0 Å². The van der Waals surface area contributed by atoms with Crippen molar-refractivity contribution < 1.29 is 14.6 Å². The molecule has 1 aliphatic heterocycles. The highest BCUT2D eigenvalue weighted by Crippen LogP contribution is 2.49. The normalized spacial score (nSPS) is 29.9. The summed E-state index contributed by atoms with van der Waals surface area (Å²) >= 11 is 0. The van der Waals surface area contributed by atoms with Crippen LogP contribution in [0.15, 0.2) is 48.5 Å². The van der Waals surface area contributed by atoms with Crippen molar-refractivity contribution in [3.8, 4) is 0 Å². The molecule has 146 valence electrons. The Morgan fingerprint density at radius 3 is 2.64 bits per heavy atom. The van der Waals surface area contributed by atoms with Crippen molar-refractivity contribution in [2.75, 3.05) is 19.7 Å². The lowest BCUT2D eigenvalue weighted by Crippen LogP contribution is -2.50. The Labute approximate surface area is 166 Å². The van der Waals surface area contributed by atoms with Gasteiger partial charge in [0, 0.05) is 24.5 Å². The summed E-state index contributed by atoms with van der Waals surface area (Å²) in [5, 5.41) is 9.37. The average Bonchev–Trinajstić information content (AvgIpc) is 3.09. The first-order valence-electron chi connectivity index (χ1n) is 10.4. The first-order valence-corrected chi connectivity index (χ1v) is 10.4. The van der Waals surface area contributed by atoms with Crippen molar-refractivity contribution in [1.82, 2.24) is 4.90 Å². The number of carboxylic acid groups (broad SMARTS) is 1. The van der Waals surface area contributed by atoms with E-state index in [1.807, 2.05) is 0 Å². The molecule has 1 spiro atoms. The molecule has 2 fully saturated rings. The van der Waals surface area contributed by atoms with Gasteiger partial charge in [0.25, 0.3) is 0 Å². The number of ether oxygens (including phenoxy) is 1. The van der Waals surface area contributed by atoms with Gasteiger partial charge in [-0.3, -0.25) is 4.90 Å². The van der Waals surface area contributed by atoms with Crippen molar-refractivity contribution in [2.24, 2.45) is 0 Å². The van der Waals surface area contributed by atoms with Gasteiger partial charge in [0.05, 0.1) is 6.61 Å². The molecule has 2 aliphatic carbocycles. The Morgan fingerprint density at radius 1 is 1.07 bits per heavy atom. The molecule has 2 aromatic rings. The van der Waals surface area contributed by atoms with Gasteiger partial charge in [-0.25, -0.2) is 4.79 Å². The maximum Gasteiger partial charge on any atom is 0.334 e. The van der Waals surface area contributed by atoms with Crippen LogP contribution in [0.25, 0.3) is 0 Å². The first-order chi connectivity index (χ1) is 13.6. The zero-order chi connectivity index (χ0) is 19.1. The molecular weight excluding hydrogens is 350 g/mol. The lowest BCUT2D eigenvalue weighted by molar-refractivity contribution is -0.157. The number of hydrogen-bond acceptors (Lipinski definition) is 3. The van der Waals surface area contributed by atoms with E-state index in [-0.39, 0.29) is 5.41 Å². The summed E-state index contributed by atoms with van der Waals surface area (Å²) in [5.41, 5.74) is 6.05. The van der Waals surface area contributed by atoms with E-state index < -0.39 is 12.1 Å². The van der Waals surface area contributed by atoms with Crippen molar-refractivity contribution in [1.29, 1.82) is 0 Å². The van der Waals surface area contributed by atoms with Crippen LogP contribution in [0, 0.1) is 0 Å². The Bertz CT molecular complexity index is 895. The lowest BCUT2D eigenvalue weighted by atomic mass is 9.73. The van der Waals surface area contributed by atoms with Crippen molar-refractivity contribution in [3.05, 3.63) is 70.8 Å². The minimum atomic E-state index is -0.842. The van der Waals surface area contributed by atoms with Crippen molar-refractivity contribution in [3.63, 3.8) is 0 Å². The highest BCUT2D eigenvalue weighted by atomic mass is 16.5. The summed E-state index contributed by atoms with van der Waals surface area (Å²) in [7, 11) is 0. The summed E-state index contributed by atoms with van der Waals surface area (Å²) in [6, 6.07) is 18.3. The highest BCUT2D eigenvalue weighted by molar-refractivity contribution is 5.72. The van der Waals surface area contributed by atoms with Crippen LogP contribution in [0.1, 0.15) is 41.5 Å². The number of morpholine rings is 1. The molecule has 2 aromatic carbocycles. The Balaban J connectivity index is 1.47. The van der Waals surface area contributed by atoms with Crippen molar-refractivity contribution in [2.45, 2.75) is 49.7 Å². The predicted octanol–water partition coefficient (Wildman–Crippen LogP) is 3.41. The molecule has 3 unspecified atom stereocenters. The molecule has 3 aliphatic rings. The SMILES string of the molecule is O=C(O)C1CN(C2CCC3(Cc4ccccc4Cc4ccccc43)C2)CCO1. The minimum Gasteiger partial charge on any atom is -0.479 e. The van der Waals surface area contributed by atoms with E-state index in [2.05, 4.69) is 53.4 Å². The summed E-state index contributed by atoms with van der Waals surface area (Å²) in [6.07, 6.45) is 4.80.